The molecule has 0 aliphatic heterocycles. The number of thioether (sulfide) groups is 1. The van der Waals surface area contributed by atoms with Gasteiger partial charge < -0.3 is 4.90 Å². The average Bonchev–Trinajstić information content (AvgIpc) is 2.34. The summed E-state index contributed by atoms with van der Waals surface area (Å²) in [6.07, 6.45) is 0. The number of rotatable bonds is 3. The Balaban J connectivity index is 2.64. The predicted octanol–water partition coefficient (Wildman–Crippen LogP) is 2.10. The monoisotopic (exact) mass is 203 g/mol. The van der Waals surface area contributed by atoms with Crippen LogP contribution in [0.4, 0.5) is 5.13 Å². The Morgan fingerprint density at radius 3 is 2.42 bits per heavy atom. The first-order valence-electron chi connectivity index (χ1n) is 3.77. The number of hydrogen-bond acceptors (Lipinski definition) is 5. The Hall–Kier alpha value is -0.290. The number of aromatic nitrogens is 2. The molecule has 0 radical (unpaired) electrons. The van der Waals surface area contributed by atoms with E-state index in [4.69, 9.17) is 0 Å². The quantitative estimate of drug-likeness (QED) is 0.704. The van der Waals surface area contributed by atoms with E-state index in [1.165, 1.54) is 0 Å². The lowest BCUT2D eigenvalue weighted by atomic mass is 10.6. The van der Waals surface area contributed by atoms with Crippen LogP contribution in [0.25, 0.3) is 0 Å². The molecule has 0 unspecified atom stereocenters. The van der Waals surface area contributed by atoms with Gasteiger partial charge in [-0.25, -0.2) is 0 Å². The Kier molecular flexibility index (Phi) is 3.34. The van der Waals surface area contributed by atoms with Crippen LogP contribution in [0.2, 0.25) is 0 Å². The molecule has 0 saturated carbocycles. The molecule has 5 heteroatoms. The van der Waals surface area contributed by atoms with Gasteiger partial charge in [-0.3, -0.25) is 0 Å². The predicted molar refractivity (Wildman–Crippen MR) is 55.2 cm³/mol. The van der Waals surface area contributed by atoms with E-state index >= 15 is 0 Å². The van der Waals surface area contributed by atoms with Crippen molar-refractivity contribution in [1.82, 2.24) is 10.2 Å². The molecule has 0 spiro atoms. The van der Waals surface area contributed by atoms with Crippen molar-refractivity contribution < 1.29 is 0 Å². The lowest BCUT2D eigenvalue weighted by Crippen LogP contribution is -2.07. The highest BCUT2D eigenvalue weighted by atomic mass is 32.2. The van der Waals surface area contributed by atoms with Crippen molar-refractivity contribution in [3.63, 3.8) is 0 Å². The zero-order valence-electron chi connectivity index (χ0n) is 7.74. The molecule has 3 nitrogen and oxygen atoms in total. The van der Waals surface area contributed by atoms with Gasteiger partial charge in [0, 0.05) is 19.3 Å². The van der Waals surface area contributed by atoms with E-state index in [1.54, 1.807) is 23.1 Å². The summed E-state index contributed by atoms with van der Waals surface area (Å²) < 4.78 is 1.05. The molecular formula is C7H13N3S2. The first-order chi connectivity index (χ1) is 5.59. The maximum Gasteiger partial charge on any atom is 0.208 e. The van der Waals surface area contributed by atoms with Gasteiger partial charge in [-0.05, 0) is 0 Å². The second kappa shape index (κ2) is 4.09. The molecule has 1 aromatic heterocycles. The number of nitrogens with zero attached hydrogens (tertiary/aromatic N) is 3. The van der Waals surface area contributed by atoms with Crippen LogP contribution in [0, 0.1) is 0 Å². The molecule has 0 aliphatic carbocycles. The smallest absolute Gasteiger partial charge is 0.208 e. The fraction of sp³-hybridized carbons (Fsp3) is 0.714. The summed E-state index contributed by atoms with van der Waals surface area (Å²) in [5, 5.41) is 9.66. The van der Waals surface area contributed by atoms with Gasteiger partial charge in [0.05, 0.1) is 0 Å². The second-order valence-corrected chi connectivity index (χ2v) is 5.69. The Morgan fingerprint density at radius 1 is 1.33 bits per heavy atom. The van der Waals surface area contributed by atoms with Crippen LogP contribution in [0.15, 0.2) is 4.34 Å². The fourth-order valence-corrected chi connectivity index (χ4v) is 2.62. The standard InChI is InChI=1S/C7H13N3S2/c1-5(2)11-7-9-8-6(12-7)10(3)4/h5H,1-4H3. The zero-order valence-corrected chi connectivity index (χ0v) is 9.37. The minimum absolute atomic E-state index is 0.577. The summed E-state index contributed by atoms with van der Waals surface area (Å²) in [6.45, 7) is 4.31. The van der Waals surface area contributed by atoms with Crippen LogP contribution in [0.3, 0.4) is 0 Å². The molecule has 0 N–H and O–H groups in total. The maximum atomic E-state index is 4.07. The topological polar surface area (TPSA) is 29.0 Å². The molecule has 0 aromatic carbocycles. The van der Waals surface area contributed by atoms with E-state index in [1.807, 2.05) is 19.0 Å². The Bertz CT molecular complexity index is 245. The molecule has 0 amide bonds. The summed E-state index contributed by atoms with van der Waals surface area (Å²) in [6, 6.07) is 0. The van der Waals surface area contributed by atoms with E-state index in [9.17, 15) is 0 Å². The summed E-state index contributed by atoms with van der Waals surface area (Å²) in [7, 11) is 3.95. The van der Waals surface area contributed by atoms with Crippen molar-refractivity contribution in [1.29, 1.82) is 0 Å². The lowest BCUT2D eigenvalue weighted by molar-refractivity contribution is 0.968. The summed E-state index contributed by atoms with van der Waals surface area (Å²) in [5.41, 5.74) is 0. The molecule has 0 fully saturated rings. The van der Waals surface area contributed by atoms with Gasteiger partial charge in [0.25, 0.3) is 0 Å². The van der Waals surface area contributed by atoms with Gasteiger partial charge in [-0.15, -0.1) is 10.2 Å². The van der Waals surface area contributed by atoms with Crippen molar-refractivity contribution in [3.8, 4) is 0 Å². The third-order valence-corrected chi connectivity index (χ3v) is 3.29. The highest BCUT2D eigenvalue weighted by Gasteiger charge is 2.07. The molecule has 12 heavy (non-hydrogen) atoms. The summed E-state index contributed by atoms with van der Waals surface area (Å²) in [4.78, 5) is 1.97. The molecule has 0 bridgehead atoms. The number of hydrogen-bond donors (Lipinski definition) is 0. The molecule has 1 aromatic rings. The van der Waals surface area contributed by atoms with Crippen molar-refractivity contribution in [2.45, 2.75) is 23.4 Å². The highest BCUT2D eigenvalue weighted by molar-refractivity contribution is 8.01. The van der Waals surface area contributed by atoms with Crippen molar-refractivity contribution in [2.24, 2.45) is 0 Å². The highest BCUT2D eigenvalue weighted by Crippen LogP contribution is 2.29. The SMILES string of the molecule is CC(C)Sc1nnc(N(C)C)s1. The van der Waals surface area contributed by atoms with Gasteiger partial charge in [0.1, 0.15) is 0 Å². The van der Waals surface area contributed by atoms with Crippen LogP contribution in [-0.4, -0.2) is 29.5 Å². The van der Waals surface area contributed by atoms with E-state index < -0.39 is 0 Å². The van der Waals surface area contributed by atoms with E-state index in [0.717, 1.165) is 9.47 Å². The third-order valence-electron chi connectivity index (χ3n) is 1.11. The van der Waals surface area contributed by atoms with Crippen molar-refractivity contribution in [2.75, 3.05) is 19.0 Å². The van der Waals surface area contributed by atoms with E-state index in [2.05, 4.69) is 24.0 Å². The van der Waals surface area contributed by atoms with Crippen molar-refractivity contribution in [3.05, 3.63) is 0 Å². The fourth-order valence-electron chi connectivity index (χ4n) is 0.633. The lowest BCUT2D eigenvalue weighted by Gasteiger charge is -2.03. The van der Waals surface area contributed by atoms with Crippen LogP contribution >= 0.6 is 23.1 Å². The van der Waals surface area contributed by atoms with Gasteiger partial charge in [-0.2, -0.15) is 0 Å². The molecule has 0 aliphatic rings. The Labute approximate surface area is 81.2 Å². The second-order valence-electron chi connectivity index (χ2n) is 2.91. The van der Waals surface area contributed by atoms with Crippen LogP contribution in [-0.2, 0) is 0 Å². The maximum absolute atomic E-state index is 4.07. The van der Waals surface area contributed by atoms with Crippen molar-refractivity contribution >= 4 is 28.2 Å². The summed E-state index contributed by atoms with van der Waals surface area (Å²) >= 11 is 3.39. The van der Waals surface area contributed by atoms with Gasteiger partial charge in [0.2, 0.25) is 5.13 Å². The molecule has 68 valence electrons. The van der Waals surface area contributed by atoms with Gasteiger partial charge >= 0.3 is 0 Å². The minimum atomic E-state index is 0.577. The third kappa shape index (κ3) is 2.64. The summed E-state index contributed by atoms with van der Waals surface area (Å²) in [5.74, 6) is 0. The normalized spacial score (nSPS) is 10.8. The van der Waals surface area contributed by atoms with Crippen LogP contribution < -0.4 is 4.90 Å². The molecular weight excluding hydrogens is 190 g/mol. The van der Waals surface area contributed by atoms with E-state index in [0.29, 0.717) is 5.25 Å². The average molecular weight is 203 g/mol. The zero-order chi connectivity index (χ0) is 9.14. The number of anilines is 1. The largest absolute Gasteiger partial charge is 0.353 e. The molecule has 1 heterocycles. The Morgan fingerprint density at radius 2 is 2.00 bits per heavy atom. The van der Waals surface area contributed by atoms with Gasteiger partial charge in [-0.1, -0.05) is 36.9 Å². The molecule has 0 saturated heterocycles. The van der Waals surface area contributed by atoms with Crippen LogP contribution in [0.1, 0.15) is 13.8 Å². The first-order valence-corrected chi connectivity index (χ1v) is 5.46. The minimum Gasteiger partial charge on any atom is -0.353 e. The van der Waals surface area contributed by atoms with E-state index in [-0.39, 0.29) is 0 Å². The van der Waals surface area contributed by atoms with Crippen LogP contribution in [0.5, 0.6) is 0 Å². The molecule has 0 atom stereocenters. The first kappa shape index (κ1) is 9.80. The molecule has 1 rings (SSSR count). The van der Waals surface area contributed by atoms with Gasteiger partial charge in [0.15, 0.2) is 4.34 Å².